The van der Waals surface area contributed by atoms with Crippen molar-refractivity contribution in [3.63, 3.8) is 0 Å². The lowest BCUT2D eigenvalue weighted by Crippen LogP contribution is -2.40. The van der Waals surface area contributed by atoms with Crippen LogP contribution in [0.3, 0.4) is 0 Å². The van der Waals surface area contributed by atoms with Gasteiger partial charge in [0.2, 0.25) is 0 Å². The number of ether oxygens (including phenoxy) is 1. The van der Waals surface area contributed by atoms with E-state index in [1.807, 2.05) is 13.0 Å². The number of nitrogens with zero attached hydrogens (tertiary/aromatic N) is 1. The highest BCUT2D eigenvalue weighted by atomic mass is 16.5. The molecule has 1 fully saturated rings. The molecule has 1 aromatic heterocycles. The summed E-state index contributed by atoms with van der Waals surface area (Å²) in [5, 5.41) is 10.2. The fourth-order valence-electron chi connectivity index (χ4n) is 2.12. The molecule has 2 unspecified atom stereocenters. The van der Waals surface area contributed by atoms with Crippen molar-refractivity contribution in [1.29, 1.82) is 0 Å². The number of aliphatic hydroxyl groups excluding tert-OH is 1. The maximum Gasteiger partial charge on any atom is 0.123 e. The summed E-state index contributed by atoms with van der Waals surface area (Å²) in [6.07, 6.45) is 3.66. The van der Waals surface area contributed by atoms with Gasteiger partial charge in [0.15, 0.2) is 0 Å². The zero-order valence-electron chi connectivity index (χ0n) is 9.52. The van der Waals surface area contributed by atoms with Crippen molar-refractivity contribution in [1.82, 2.24) is 4.98 Å². The summed E-state index contributed by atoms with van der Waals surface area (Å²) in [5.74, 6) is 0.488. The third-order valence-corrected chi connectivity index (χ3v) is 3.23. The van der Waals surface area contributed by atoms with Crippen molar-refractivity contribution >= 4 is 5.82 Å². The molecule has 4 heteroatoms. The van der Waals surface area contributed by atoms with Crippen LogP contribution in [0.1, 0.15) is 25.3 Å². The van der Waals surface area contributed by atoms with Crippen molar-refractivity contribution in [2.24, 2.45) is 0 Å². The Hall–Kier alpha value is -1.13. The molecule has 0 spiro atoms. The van der Waals surface area contributed by atoms with Crippen LogP contribution in [0.4, 0.5) is 5.82 Å². The lowest BCUT2D eigenvalue weighted by Gasteiger charge is -2.29. The van der Waals surface area contributed by atoms with Gasteiger partial charge in [-0.2, -0.15) is 0 Å². The van der Waals surface area contributed by atoms with Gasteiger partial charge in [0.25, 0.3) is 0 Å². The molecule has 4 nitrogen and oxygen atoms in total. The number of hydrogen-bond donors (Lipinski definition) is 2. The molecule has 16 heavy (non-hydrogen) atoms. The average molecular weight is 222 g/mol. The fraction of sp³-hybridized carbons (Fsp3) is 0.583. The largest absolute Gasteiger partial charge is 0.390 e. The molecule has 2 heterocycles. The number of aliphatic hydroxyl groups is 1. The zero-order chi connectivity index (χ0) is 11.6. The molecule has 0 aliphatic carbocycles. The van der Waals surface area contributed by atoms with Gasteiger partial charge in [-0.1, -0.05) is 0 Å². The monoisotopic (exact) mass is 222 g/mol. The van der Waals surface area contributed by atoms with Crippen LogP contribution in [0.5, 0.6) is 0 Å². The van der Waals surface area contributed by atoms with E-state index in [1.165, 1.54) is 0 Å². The van der Waals surface area contributed by atoms with Gasteiger partial charge in [-0.25, -0.2) is 4.98 Å². The average Bonchev–Trinajstić information content (AvgIpc) is 2.66. The zero-order valence-corrected chi connectivity index (χ0v) is 9.52. The van der Waals surface area contributed by atoms with Gasteiger partial charge >= 0.3 is 0 Å². The summed E-state index contributed by atoms with van der Waals surface area (Å²) in [5.41, 5.74) is 6.19. The van der Waals surface area contributed by atoms with Crippen LogP contribution in [0.15, 0.2) is 18.3 Å². The summed E-state index contributed by atoms with van der Waals surface area (Å²) < 4.78 is 5.61. The first-order chi connectivity index (χ1) is 7.60. The van der Waals surface area contributed by atoms with Crippen LogP contribution in [0.2, 0.25) is 0 Å². The Morgan fingerprint density at radius 2 is 2.50 bits per heavy atom. The van der Waals surface area contributed by atoms with Crippen LogP contribution in [0.25, 0.3) is 0 Å². The third-order valence-electron chi connectivity index (χ3n) is 3.23. The number of aromatic nitrogens is 1. The highest BCUT2D eigenvalue weighted by molar-refractivity contribution is 5.32. The Morgan fingerprint density at radius 1 is 1.69 bits per heavy atom. The standard InChI is InChI=1S/C12H18N2O2/c1-12(4-2-6-16-12)10(15)7-9-3-5-14-11(13)8-9/h3,5,8,10,15H,2,4,6-7H2,1H3,(H2,13,14). The molecular weight excluding hydrogens is 204 g/mol. The summed E-state index contributed by atoms with van der Waals surface area (Å²) in [6.45, 7) is 2.71. The molecule has 88 valence electrons. The van der Waals surface area contributed by atoms with E-state index in [2.05, 4.69) is 4.98 Å². The van der Waals surface area contributed by atoms with Crippen LogP contribution >= 0.6 is 0 Å². The van der Waals surface area contributed by atoms with Gasteiger partial charge in [0.05, 0.1) is 11.7 Å². The number of hydrogen-bond acceptors (Lipinski definition) is 4. The molecule has 2 rings (SSSR count). The summed E-state index contributed by atoms with van der Waals surface area (Å²) in [6, 6.07) is 3.67. The minimum atomic E-state index is -0.489. The summed E-state index contributed by atoms with van der Waals surface area (Å²) in [7, 11) is 0. The van der Waals surface area contributed by atoms with Crippen LogP contribution in [-0.4, -0.2) is 28.4 Å². The molecule has 1 aliphatic rings. The lowest BCUT2D eigenvalue weighted by atomic mass is 9.91. The minimum Gasteiger partial charge on any atom is -0.390 e. The number of nitrogens with two attached hydrogens (primary N) is 1. The molecule has 1 aliphatic heterocycles. The van der Waals surface area contributed by atoms with E-state index in [-0.39, 0.29) is 0 Å². The molecule has 0 bridgehead atoms. The smallest absolute Gasteiger partial charge is 0.123 e. The third kappa shape index (κ3) is 2.33. The van der Waals surface area contributed by atoms with E-state index in [0.717, 1.165) is 25.0 Å². The Morgan fingerprint density at radius 3 is 3.12 bits per heavy atom. The molecule has 0 radical (unpaired) electrons. The number of rotatable bonds is 3. The summed E-state index contributed by atoms with van der Waals surface area (Å²) in [4.78, 5) is 3.93. The van der Waals surface area contributed by atoms with Gasteiger partial charge in [-0.15, -0.1) is 0 Å². The van der Waals surface area contributed by atoms with E-state index in [9.17, 15) is 5.11 Å². The van der Waals surface area contributed by atoms with E-state index >= 15 is 0 Å². The highest BCUT2D eigenvalue weighted by Crippen LogP contribution is 2.30. The number of pyridine rings is 1. The van der Waals surface area contributed by atoms with E-state index in [0.29, 0.717) is 12.2 Å². The molecule has 0 saturated carbocycles. The molecule has 1 saturated heterocycles. The van der Waals surface area contributed by atoms with Crippen LogP contribution in [0, 0.1) is 0 Å². The van der Waals surface area contributed by atoms with Crippen LogP contribution in [-0.2, 0) is 11.2 Å². The van der Waals surface area contributed by atoms with Crippen molar-refractivity contribution in [3.05, 3.63) is 23.9 Å². The second kappa shape index (κ2) is 4.39. The van der Waals surface area contributed by atoms with Crippen molar-refractivity contribution in [2.45, 2.75) is 37.9 Å². The Balaban J connectivity index is 2.04. The van der Waals surface area contributed by atoms with Crippen molar-refractivity contribution in [3.8, 4) is 0 Å². The van der Waals surface area contributed by atoms with Crippen LogP contribution < -0.4 is 5.73 Å². The second-order valence-electron chi connectivity index (χ2n) is 4.57. The maximum absolute atomic E-state index is 10.2. The van der Waals surface area contributed by atoms with Gasteiger partial charge < -0.3 is 15.6 Å². The lowest BCUT2D eigenvalue weighted by molar-refractivity contribution is -0.0768. The van der Waals surface area contributed by atoms with Gasteiger partial charge in [0, 0.05) is 19.2 Å². The van der Waals surface area contributed by atoms with Gasteiger partial charge in [-0.05, 0) is 37.5 Å². The van der Waals surface area contributed by atoms with E-state index in [1.54, 1.807) is 12.3 Å². The SMILES string of the molecule is CC1(C(O)Cc2ccnc(N)c2)CCCO1. The quantitative estimate of drug-likeness (QED) is 0.804. The van der Waals surface area contributed by atoms with E-state index < -0.39 is 11.7 Å². The number of nitrogen functional groups attached to an aromatic ring is 1. The molecule has 2 atom stereocenters. The van der Waals surface area contributed by atoms with Gasteiger partial charge in [-0.3, -0.25) is 0 Å². The highest BCUT2D eigenvalue weighted by Gasteiger charge is 2.37. The Labute approximate surface area is 95.4 Å². The predicted molar refractivity (Wildman–Crippen MR) is 62.0 cm³/mol. The van der Waals surface area contributed by atoms with Crippen molar-refractivity contribution in [2.75, 3.05) is 12.3 Å². The molecular formula is C12H18N2O2. The number of anilines is 1. The topological polar surface area (TPSA) is 68.4 Å². The first-order valence-electron chi connectivity index (χ1n) is 5.62. The molecule has 1 aromatic rings. The summed E-state index contributed by atoms with van der Waals surface area (Å²) >= 11 is 0. The van der Waals surface area contributed by atoms with Gasteiger partial charge in [0.1, 0.15) is 5.82 Å². The predicted octanol–water partition coefficient (Wildman–Crippen LogP) is 1.14. The second-order valence-corrected chi connectivity index (χ2v) is 4.57. The normalized spacial score (nSPS) is 26.9. The minimum absolute atomic E-state index is 0.405. The van der Waals surface area contributed by atoms with Crippen molar-refractivity contribution < 1.29 is 9.84 Å². The first kappa shape index (κ1) is 11.4. The molecule has 0 aromatic carbocycles. The Bertz CT molecular complexity index is 362. The molecule has 0 amide bonds. The van der Waals surface area contributed by atoms with E-state index in [4.69, 9.17) is 10.5 Å². The fourth-order valence-corrected chi connectivity index (χ4v) is 2.12. The first-order valence-corrected chi connectivity index (χ1v) is 5.62. The maximum atomic E-state index is 10.2. The molecule has 3 N–H and O–H groups in total. The Kier molecular flexibility index (Phi) is 3.12.